The summed E-state index contributed by atoms with van der Waals surface area (Å²) in [5.74, 6) is 1.67. The molecule has 21 heavy (non-hydrogen) atoms. The van der Waals surface area contributed by atoms with Crippen LogP contribution in [0.3, 0.4) is 0 Å². The van der Waals surface area contributed by atoms with Crippen molar-refractivity contribution < 1.29 is 4.52 Å². The maximum atomic E-state index is 5.26. The molecule has 0 aliphatic heterocycles. The third-order valence-electron chi connectivity index (χ3n) is 3.56. The second-order valence-electron chi connectivity index (χ2n) is 5.53. The van der Waals surface area contributed by atoms with Gasteiger partial charge in [0.05, 0.1) is 6.54 Å². The molecule has 0 amide bonds. The minimum Gasteiger partial charge on any atom is -0.340 e. The van der Waals surface area contributed by atoms with Crippen LogP contribution < -0.4 is 5.32 Å². The lowest BCUT2D eigenvalue weighted by Crippen LogP contribution is -2.05. The van der Waals surface area contributed by atoms with E-state index in [1.165, 1.54) is 16.5 Å². The Labute approximate surface area is 124 Å². The molecular formula is C16H20N4O. The maximum absolute atomic E-state index is 5.26. The molecule has 0 spiro atoms. The highest BCUT2D eigenvalue weighted by molar-refractivity contribution is 5.83. The SMILES string of the molecule is CNCc1cccc2c1ccn2Cc1noc(C(C)C)n1. The van der Waals surface area contributed by atoms with Crippen LogP contribution >= 0.6 is 0 Å². The molecule has 0 fully saturated rings. The van der Waals surface area contributed by atoms with Gasteiger partial charge in [-0.25, -0.2) is 0 Å². The summed E-state index contributed by atoms with van der Waals surface area (Å²) in [6, 6.07) is 8.50. The fourth-order valence-electron chi connectivity index (χ4n) is 2.49. The number of hydrogen-bond acceptors (Lipinski definition) is 4. The lowest BCUT2D eigenvalue weighted by molar-refractivity contribution is 0.360. The Morgan fingerprint density at radius 2 is 2.14 bits per heavy atom. The van der Waals surface area contributed by atoms with E-state index in [1.807, 2.05) is 20.9 Å². The third kappa shape index (κ3) is 2.69. The molecule has 1 aromatic carbocycles. The molecule has 0 saturated heterocycles. The molecule has 0 aliphatic carbocycles. The van der Waals surface area contributed by atoms with Crippen molar-refractivity contribution in [2.75, 3.05) is 7.05 Å². The van der Waals surface area contributed by atoms with E-state index in [4.69, 9.17) is 4.52 Å². The van der Waals surface area contributed by atoms with Crippen molar-refractivity contribution in [2.45, 2.75) is 32.9 Å². The van der Waals surface area contributed by atoms with Crippen LogP contribution in [0.4, 0.5) is 0 Å². The van der Waals surface area contributed by atoms with Gasteiger partial charge in [-0.15, -0.1) is 0 Å². The predicted molar refractivity (Wildman–Crippen MR) is 82.2 cm³/mol. The molecule has 1 N–H and O–H groups in total. The van der Waals surface area contributed by atoms with Crippen molar-refractivity contribution >= 4 is 10.9 Å². The molecule has 2 aromatic heterocycles. The van der Waals surface area contributed by atoms with Crippen LogP contribution in [0.5, 0.6) is 0 Å². The average Bonchev–Trinajstić information content (AvgIpc) is 3.08. The lowest BCUT2D eigenvalue weighted by atomic mass is 10.1. The van der Waals surface area contributed by atoms with E-state index in [2.05, 4.69) is 50.5 Å². The zero-order chi connectivity index (χ0) is 14.8. The number of rotatable bonds is 5. The number of nitrogens with zero attached hydrogens (tertiary/aromatic N) is 3. The van der Waals surface area contributed by atoms with E-state index < -0.39 is 0 Å². The third-order valence-corrected chi connectivity index (χ3v) is 3.56. The van der Waals surface area contributed by atoms with Gasteiger partial charge in [-0.3, -0.25) is 0 Å². The molecule has 0 radical (unpaired) electrons. The molecule has 0 bridgehead atoms. The summed E-state index contributed by atoms with van der Waals surface area (Å²) >= 11 is 0. The highest BCUT2D eigenvalue weighted by atomic mass is 16.5. The van der Waals surface area contributed by atoms with Crippen LogP contribution in [0.15, 0.2) is 35.0 Å². The summed E-state index contributed by atoms with van der Waals surface area (Å²) in [4.78, 5) is 4.44. The van der Waals surface area contributed by atoms with Gasteiger partial charge in [-0.2, -0.15) is 4.98 Å². The summed E-state index contributed by atoms with van der Waals surface area (Å²) in [6.07, 6.45) is 2.08. The average molecular weight is 284 g/mol. The predicted octanol–water partition coefficient (Wildman–Crippen LogP) is 2.92. The zero-order valence-corrected chi connectivity index (χ0v) is 12.6. The molecule has 3 aromatic rings. The second-order valence-corrected chi connectivity index (χ2v) is 5.53. The fourth-order valence-corrected chi connectivity index (χ4v) is 2.49. The van der Waals surface area contributed by atoms with E-state index in [-0.39, 0.29) is 5.92 Å². The van der Waals surface area contributed by atoms with E-state index >= 15 is 0 Å². The van der Waals surface area contributed by atoms with Crippen molar-refractivity contribution in [3.8, 4) is 0 Å². The molecule has 0 saturated carbocycles. The number of nitrogens with one attached hydrogen (secondary N) is 1. The van der Waals surface area contributed by atoms with Crippen LogP contribution in [0.25, 0.3) is 10.9 Å². The first-order valence-corrected chi connectivity index (χ1v) is 7.23. The van der Waals surface area contributed by atoms with Crippen LogP contribution in [-0.2, 0) is 13.1 Å². The van der Waals surface area contributed by atoms with Crippen LogP contribution in [-0.4, -0.2) is 21.8 Å². The number of hydrogen-bond donors (Lipinski definition) is 1. The van der Waals surface area contributed by atoms with Crippen molar-refractivity contribution in [3.63, 3.8) is 0 Å². The summed E-state index contributed by atoms with van der Waals surface area (Å²) in [5, 5.41) is 8.52. The Kier molecular flexibility index (Phi) is 3.75. The van der Waals surface area contributed by atoms with E-state index in [9.17, 15) is 0 Å². The van der Waals surface area contributed by atoms with Crippen LogP contribution in [0.1, 0.15) is 37.0 Å². The van der Waals surface area contributed by atoms with Gasteiger partial charge in [0.2, 0.25) is 5.89 Å². The minimum atomic E-state index is 0.259. The van der Waals surface area contributed by atoms with Gasteiger partial charge in [-0.05, 0) is 24.7 Å². The first-order chi connectivity index (χ1) is 10.2. The van der Waals surface area contributed by atoms with Gasteiger partial charge in [0.1, 0.15) is 0 Å². The number of benzene rings is 1. The first-order valence-electron chi connectivity index (χ1n) is 7.23. The van der Waals surface area contributed by atoms with E-state index in [1.54, 1.807) is 0 Å². The number of fused-ring (bicyclic) bond motifs is 1. The van der Waals surface area contributed by atoms with Crippen molar-refractivity contribution in [1.29, 1.82) is 0 Å². The molecule has 0 unspecified atom stereocenters. The summed E-state index contributed by atoms with van der Waals surface area (Å²) < 4.78 is 7.42. The Hall–Kier alpha value is -2.14. The normalized spacial score (nSPS) is 11.6. The van der Waals surface area contributed by atoms with Gasteiger partial charge in [0.25, 0.3) is 0 Å². The fraction of sp³-hybridized carbons (Fsp3) is 0.375. The van der Waals surface area contributed by atoms with Gasteiger partial charge < -0.3 is 14.4 Å². The van der Waals surface area contributed by atoms with Gasteiger partial charge in [0, 0.05) is 29.6 Å². The Balaban J connectivity index is 1.92. The zero-order valence-electron chi connectivity index (χ0n) is 12.6. The highest BCUT2D eigenvalue weighted by Gasteiger charge is 2.11. The quantitative estimate of drug-likeness (QED) is 0.782. The van der Waals surface area contributed by atoms with Crippen molar-refractivity contribution in [1.82, 2.24) is 20.0 Å². The standard InChI is InChI=1S/C16H20N4O/c1-11(2)16-18-15(19-21-16)10-20-8-7-13-12(9-17-3)5-4-6-14(13)20/h4-8,11,17H,9-10H2,1-3H3. The van der Waals surface area contributed by atoms with Gasteiger partial charge >= 0.3 is 0 Å². The smallest absolute Gasteiger partial charge is 0.229 e. The first kappa shape index (κ1) is 13.8. The minimum absolute atomic E-state index is 0.259. The van der Waals surface area contributed by atoms with Crippen LogP contribution in [0, 0.1) is 0 Å². The molecule has 2 heterocycles. The molecule has 5 heteroatoms. The van der Waals surface area contributed by atoms with Crippen molar-refractivity contribution in [3.05, 3.63) is 47.7 Å². The Morgan fingerprint density at radius 1 is 1.29 bits per heavy atom. The highest BCUT2D eigenvalue weighted by Crippen LogP contribution is 2.21. The Morgan fingerprint density at radius 3 is 2.86 bits per heavy atom. The van der Waals surface area contributed by atoms with E-state index in [0.717, 1.165) is 12.4 Å². The molecule has 5 nitrogen and oxygen atoms in total. The molecule has 0 atom stereocenters. The lowest BCUT2D eigenvalue weighted by Gasteiger charge is -2.05. The van der Waals surface area contributed by atoms with Gasteiger partial charge in [0.15, 0.2) is 5.82 Å². The summed E-state index contributed by atoms with van der Waals surface area (Å²) in [6.45, 7) is 5.59. The molecule has 0 aliphatic rings. The van der Waals surface area contributed by atoms with Crippen LogP contribution in [0.2, 0.25) is 0 Å². The Bertz CT molecular complexity index is 742. The molecule has 3 rings (SSSR count). The van der Waals surface area contributed by atoms with Crippen molar-refractivity contribution in [2.24, 2.45) is 0 Å². The number of aromatic nitrogens is 3. The summed E-state index contributed by atoms with van der Waals surface area (Å²) in [7, 11) is 1.96. The van der Waals surface area contributed by atoms with Gasteiger partial charge in [-0.1, -0.05) is 31.1 Å². The maximum Gasteiger partial charge on any atom is 0.229 e. The topological polar surface area (TPSA) is 55.9 Å². The monoisotopic (exact) mass is 284 g/mol. The molecular weight excluding hydrogens is 264 g/mol. The molecule has 110 valence electrons. The summed E-state index contributed by atoms with van der Waals surface area (Å²) in [5.41, 5.74) is 2.49. The van der Waals surface area contributed by atoms with E-state index in [0.29, 0.717) is 12.4 Å². The largest absolute Gasteiger partial charge is 0.340 e. The second kappa shape index (κ2) is 5.69.